The average molecular weight is 405 g/mol. The molecule has 2 aliphatic heterocycles. The van der Waals surface area contributed by atoms with E-state index >= 15 is 0 Å². The van der Waals surface area contributed by atoms with Crippen LogP contribution in [0.2, 0.25) is 0 Å². The van der Waals surface area contributed by atoms with E-state index in [2.05, 4.69) is 19.2 Å². The second kappa shape index (κ2) is 7.27. The van der Waals surface area contributed by atoms with Crippen LogP contribution in [0.1, 0.15) is 50.3 Å². The number of para-hydroxylation sites is 1. The Morgan fingerprint density at radius 1 is 1.13 bits per heavy atom. The molecule has 2 atom stereocenters. The van der Waals surface area contributed by atoms with Crippen molar-refractivity contribution in [2.45, 2.75) is 51.6 Å². The molecular weight excluding hydrogens is 378 g/mol. The molecule has 0 unspecified atom stereocenters. The van der Waals surface area contributed by atoms with Gasteiger partial charge in [0.25, 0.3) is 5.91 Å². The van der Waals surface area contributed by atoms with Crippen molar-refractivity contribution >= 4 is 23.5 Å². The molecule has 0 bridgehead atoms. The van der Waals surface area contributed by atoms with Crippen LogP contribution in [0.3, 0.4) is 0 Å². The smallest absolute Gasteiger partial charge is 0.319 e. The van der Waals surface area contributed by atoms with E-state index in [-0.39, 0.29) is 18.5 Å². The summed E-state index contributed by atoms with van der Waals surface area (Å²) in [7, 11) is 0. The Kier molecular flexibility index (Phi) is 4.88. The molecule has 156 valence electrons. The van der Waals surface area contributed by atoms with Gasteiger partial charge in [-0.2, -0.15) is 0 Å². The minimum atomic E-state index is -1.18. The lowest BCUT2D eigenvalue weighted by atomic mass is 9.90. The number of benzene rings is 2. The van der Waals surface area contributed by atoms with Crippen LogP contribution in [-0.4, -0.2) is 35.3 Å². The van der Waals surface area contributed by atoms with Crippen molar-refractivity contribution in [3.05, 3.63) is 65.2 Å². The van der Waals surface area contributed by atoms with Gasteiger partial charge in [0.1, 0.15) is 12.1 Å². The minimum Gasteiger partial charge on any atom is -0.319 e. The number of carbonyl (C=O) groups excluding carboxylic acids is 3. The summed E-state index contributed by atoms with van der Waals surface area (Å²) in [5.41, 5.74) is 2.65. The van der Waals surface area contributed by atoms with Crippen LogP contribution in [0, 0.1) is 0 Å². The molecule has 2 aromatic rings. The fraction of sp³-hybridized carbons (Fsp3) is 0.375. The van der Waals surface area contributed by atoms with Crippen LogP contribution in [0.4, 0.5) is 10.5 Å². The largest absolute Gasteiger partial charge is 0.325 e. The molecule has 4 amide bonds. The fourth-order valence-corrected chi connectivity index (χ4v) is 4.39. The molecule has 0 spiro atoms. The first-order valence-electron chi connectivity index (χ1n) is 10.4. The summed E-state index contributed by atoms with van der Waals surface area (Å²) in [6, 6.07) is 14.9. The Morgan fingerprint density at radius 2 is 1.80 bits per heavy atom. The number of urea groups is 1. The van der Waals surface area contributed by atoms with Crippen molar-refractivity contribution in [2.75, 3.05) is 11.4 Å². The highest BCUT2D eigenvalue weighted by molar-refractivity contribution is 6.10. The number of carbonyl (C=O) groups is 3. The number of rotatable bonds is 4. The van der Waals surface area contributed by atoms with E-state index in [0.717, 1.165) is 28.1 Å². The van der Waals surface area contributed by atoms with Gasteiger partial charge in [0.2, 0.25) is 5.91 Å². The summed E-state index contributed by atoms with van der Waals surface area (Å²) in [5, 5.41) is 2.79. The molecule has 0 radical (unpaired) electrons. The zero-order chi connectivity index (χ0) is 21.6. The van der Waals surface area contributed by atoms with E-state index in [1.165, 1.54) is 0 Å². The lowest BCUT2D eigenvalue weighted by molar-refractivity contribution is -0.134. The van der Waals surface area contributed by atoms with Gasteiger partial charge in [-0.3, -0.25) is 14.5 Å². The van der Waals surface area contributed by atoms with Crippen molar-refractivity contribution in [2.24, 2.45) is 0 Å². The van der Waals surface area contributed by atoms with Gasteiger partial charge in [0.15, 0.2) is 0 Å². The van der Waals surface area contributed by atoms with E-state index in [4.69, 9.17) is 0 Å². The highest BCUT2D eigenvalue weighted by atomic mass is 16.2. The molecule has 0 aliphatic carbocycles. The molecule has 30 heavy (non-hydrogen) atoms. The third kappa shape index (κ3) is 3.16. The standard InChI is InChI=1S/C24H27N3O3/c1-15(2)17-9-11-19(12-10-17)24(4)22(29)26(23(30)25-24)14-21(28)27-16(3)13-18-7-5-6-8-20(18)27/h5-12,15-16H,13-14H2,1-4H3,(H,25,30)/t16-,24-/m1/s1. The lowest BCUT2D eigenvalue weighted by Gasteiger charge is -2.26. The molecule has 2 aromatic carbocycles. The Hall–Kier alpha value is -3.15. The van der Waals surface area contributed by atoms with Gasteiger partial charge in [0, 0.05) is 11.7 Å². The predicted octanol–water partition coefficient (Wildman–Crippen LogP) is 3.55. The van der Waals surface area contributed by atoms with Gasteiger partial charge < -0.3 is 10.2 Å². The minimum absolute atomic E-state index is 0.00868. The van der Waals surface area contributed by atoms with Crippen LogP contribution in [0.15, 0.2) is 48.5 Å². The van der Waals surface area contributed by atoms with Crippen LogP contribution in [0.25, 0.3) is 0 Å². The highest BCUT2D eigenvalue weighted by Crippen LogP contribution is 2.33. The SMILES string of the molecule is CC(C)c1ccc([C@@]2(C)NC(=O)N(CC(=O)N3c4ccccc4C[C@H]3C)C2=O)cc1. The number of hydrogen-bond donors (Lipinski definition) is 1. The number of imide groups is 1. The molecule has 6 heteroatoms. The van der Waals surface area contributed by atoms with Crippen LogP contribution in [0.5, 0.6) is 0 Å². The molecule has 4 rings (SSSR count). The molecule has 1 N–H and O–H groups in total. The molecule has 1 saturated heterocycles. The van der Waals surface area contributed by atoms with E-state index in [9.17, 15) is 14.4 Å². The lowest BCUT2D eigenvalue weighted by Crippen LogP contribution is -2.46. The Labute approximate surface area is 176 Å². The first-order chi connectivity index (χ1) is 14.2. The van der Waals surface area contributed by atoms with E-state index in [1.54, 1.807) is 11.8 Å². The monoisotopic (exact) mass is 405 g/mol. The summed E-state index contributed by atoms with van der Waals surface area (Å²) >= 11 is 0. The maximum absolute atomic E-state index is 13.2. The van der Waals surface area contributed by atoms with Crippen molar-refractivity contribution < 1.29 is 14.4 Å². The van der Waals surface area contributed by atoms with Gasteiger partial charge in [-0.25, -0.2) is 4.79 Å². The Morgan fingerprint density at radius 3 is 2.47 bits per heavy atom. The predicted molar refractivity (Wildman–Crippen MR) is 115 cm³/mol. The van der Waals surface area contributed by atoms with E-state index in [0.29, 0.717) is 11.5 Å². The molecular formula is C24H27N3O3. The number of fused-ring (bicyclic) bond motifs is 1. The van der Waals surface area contributed by atoms with Gasteiger partial charge in [-0.05, 0) is 48.9 Å². The Balaban J connectivity index is 1.55. The van der Waals surface area contributed by atoms with E-state index in [1.807, 2.05) is 55.5 Å². The van der Waals surface area contributed by atoms with Gasteiger partial charge >= 0.3 is 6.03 Å². The quantitative estimate of drug-likeness (QED) is 0.791. The Bertz CT molecular complexity index is 1010. The first kappa shape index (κ1) is 20.1. The van der Waals surface area contributed by atoms with Gasteiger partial charge in [0.05, 0.1) is 0 Å². The molecule has 0 aromatic heterocycles. The molecule has 6 nitrogen and oxygen atoms in total. The summed E-state index contributed by atoms with van der Waals surface area (Å²) in [5.74, 6) is -0.284. The van der Waals surface area contributed by atoms with Crippen LogP contribution in [-0.2, 0) is 21.5 Å². The highest BCUT2D eigenvalue weighted by Gasteiger charge is 2.50. The average Bonchev–Trinajstić information content (AvgIpc) is 3.16. The second-order valence-electron chi connectivity index (χ2n) is 8.67. The van der Waals surface area contributed by atoms with Crippen molar-refractivity contribution in [3.8, 4) is 0 Å². The van der Waals surface area contributed by atoms with Crippen molar-refractivity contribution in [1.29, 1.82) is 0 Å². The number of anilines is 1. The number of nitrogens with one attached hydrogen (secondary N) is 1. The second-order valence-corrected chi connectivity index (χ2v) is 8.67. The fourth-order valence-electron chi connectivity index (χ4n) is 4.39. The maximum Gasteiger partial charge on any atom is 0.325 e. The number of nitrogens with zero attached hydrogens (tertiary/aromatic N) is 2. The topological polar surface area (TPSA) is 69.7 Å². The summed E-state index contributed by atoms with van der Waals surface area (Å²) in [6.07, 6.45) is 0.766. The van der Waals surface area contributed by atoms with Crippen molar-refractivity contribution in [3.63, 3.8) is 0 Å². The summed E-state index contributed by atoms with van der Waals surface area (Å²) in [6.45, 7) is 7.59. The molecule has 0 saturated carbocycles. The van der Waals surface area contributed by atoms with Crippen LogP contribution >= 0.6 is 0 Å². The van der Waals surface area contributed by atoms with Crippen LogP contribution < -0.4 is 10.2 Å². The third-order valence-corrected chi connectivity index (χ3v) is 6.20. The molecule has 1 fully saturated rings. The molecule has 2 heterocycles. The number of amides is 4. The zero-order valence-electron chi connectivity index (χ0n) is 17.8. The normalized spacial score (nSPS) is 23.2. The summed E-state index contributed by atoms with van der Waals surface area (Å²) < 4.78 is 0. The number of hydrogen-bond acceptors (Lipinski definition) is 3. The third-order valence-electron chi connectivity index (χ3n) is 6.20. The zero-order valence-corrected chi connectivity index (χ0v) is 17.8. The first-order valence-corrected chi connectivity index (χ1v) is 10.4. The molecule has 2 aliphatic rings. The van der Waals surface area contributed by atoms with Crippen molar-refractivity contribution in [1.82, 2.24) is 10.2 Å². The van der Waals surface area contributed by atoms with Gasteiger partial charge in [-0.1, -0.05) is 56.3 Å². The van der Waals surface area contributed by atoms with Gasteiger partial charge in [-0.15, -0.1) is 0 Å². The summed E-state index contributed by atoms with van der Waals surface area (Å²) in [4.78, 5) is 41.7. The maximum atomic E-state index is 13.2. The van der Waals surface area contributed by atoms with E-state index < -0.39 is 17.5 Å².